The van der Waals surface area contributed by atoms with Crippen LogP contribution in [0.5, 0.6) is 11.5 Å². The van der Waals surface area contributed by atoms with Gasteiger partial charge in [0.25, 0.3) is 17.1 Å². The predicted octanol–water partition coefficient (Wildman–Crippen LogP) is 6.50. The number of nitrogens with one attached hydrogen (secondary N) is 2. The summed E-state index contributed by atoms with van der Waals surface area (Å²) in [4.78, 5) is 51.4. The van der Waals surface area contributed by atoms with E-state index in [9.17, 15) is 19.2 Å². The first kappa shape index (κ1) is 30.2. The van der Waals surface area contributed by atoms with E-state index in [1.54, 1.807) is 49.4 Å². The van der Waals surface area contributed by atoms with Gasteiger partial charge in [-0.2, -0.15) is 0 Å². The van der Waals surface area contributed by atoms with Crippen molar-refractivity contribution in [3.63, 3.8) is 0 Å². The number of rotatable bonds is 10. The topological polar surface area (TPSA) is 114 Å². The molecule has 0 unspecified atom stereocenters. The quantitative estimate of drug-likeness (QED) is 0.239. The van der Waals surface area contributed by atoms with Gasteiger partial charge in [-0.05, 0) is 95.1 Å². The minimum absolute atomic E-state index is 0.156. The van der Waals surface area contributed by atoms with Gasteiger partial charge in [-0.15, -0.1) is 0 Å². The van der Waals surface area contributed by atoms with E-state index in [1.807, 2.05) is 25.1 Å². The van der Waals surface area contributed by atoms with Gasteiger partial charge in [-0.3, -0.25) is 24.1 Å². The van der Waals surface area contributed by atoms with Gasteiger partial charge in [0.1, 0.15) is 6.54 Å². The molecule has 1 heterocycles. The number of aryl methyl sites for hydroxylation is 1. The van der Waals surface area contributed by atoms with Crippen LogP contribution in [0.4, 0.5) is 16.2 Å². The Morgan fingerprint density at radius 3 is 2.51 bits per heavy atom. The average molecular weight is 659 g/mol. The molecule has 2 N–H and O–H groups in total. The first-order valence-electron chi connectivity index (χ1n) is 12.4. The van der Waals surface area contributed by atoms with Crippen LogP contribution in [0.3, 0.4) is 0 Å². The molecule has 1 saturated heterocycles. The number of amides is 4. The van der Waals surface area contributed by atoms with E-state index in [2.05, 4.69) is 26.6 Å². The Morgan fingerprint density at radius 2 is 1.78 bits per heavy atom. The maximum Gasteiger partial charge on any atom is 0.294 e. The molecule has 212 valence electrons. The third-order valence-corrected chi connectivity index (χ3v) is 7.86. The molecule has 41 heavy (non-hydrogen) atoms. The zero-order chi connectivity index (χ0) is 29.5. The van der Waals surface area contributed by atoms with Gasteiger partial charge in [-0.1, -0.05) is 35.9 Å². The molecule has 1 fully saturated rings. The van der Waals surface area contributed by atoms with Crippen molar-refractivity contribution in [1.82, 2.24) is 4.90 Å². The van der Waals surface area contributed by atoms with Crippen LogP contribution in [0.15, 0.2) is 70.0 Å². The fourth-order valence-electron chi connectivity index (χ4n) is 3.75. The smallest absolute Gasteiger partial charge is 0.294 e. The Kier molecular flexibility index (Phi) is 10.1. The molecule has 0 saturated carbocycles. The summed E-state index contributed by atoms with van der Waals surface area (Å²) >= 11 is 10.1. The Hall–Kier alpha value is -3.80. The van der Waals surface area contributed by atoms with Gasteiger partial charge in [0.2, 0.25) is 5.91 Å². The van der Waals surface area contributed by atoms with Gasteiger partial charge in [0.15, 0.2) is 18.1 Å². The normalized spacial score (nSPS) is 13.9. The molecule has 0 atom stereocenters. The number of carbonyl (C=O) groups excluding carboxylic acids is 4. The van der Waals surface area contributed by atoms with Crippen molar-refractivity contribution < 1.29 is 28.7 Å². The Bertz CT molecular complexity index is 1550. The molecule has 4 amide bonds. The second-order valence-electron chi connectivity index (χ2n) is 8.74. The Balaban J connectivity index is 1.41. The lowest BCUT2D eigenvalue weighted by atomic mass is 10.2. The number of anilines is 2. The minimum Gasteiger partial charge on any atom is -0.490 e. The molecule has 9 nitrogen and oxygen atoms in total. The van der Waals surface area contributed by atoms with E-state index in [-0.39, 0.29) is 17.4 Å². The summed E-state index contributed by atoms with van der Waals surface area (Å²) in [5.41, 5.74) is 2.64. The molecule has 0 aromatic heterocycles. The number of benzene rings is 3. The number of ether oxygens (including phenoxy) is 2. The zero-order valence-corrected chi connectivity index (χ0v) is 25.2. The van der Waals surface area contributed by atoms with E-state index in [0.29, 0.717) is 44.5 Å². The van der Waals surface area contributed by atoms with E-state index >= 15 is 0 Å². The number of nitrogens with zero attached hydrogens (tertiary/aromatic N) is 1. The summed E-state index contributed by atoms with van der Waals surface area (Å²) in [6.07, 6.45) is 1.54. The van der Waals surface area contributed by atoms with Crippen LogP contribution < -0.4 is 20.1 Å². The molecular formula is C29H25BrClN3O6S. The lowest BCUT2D eigenvalue weighted by molar-refractivity contribution is -0.127. The highest BCUT2D eigenvalue weighted by atomic mass is 79.9. The molecule has 3 aromatic rings. The summed E-state index contributed by atoms with van der Waals surface area (Å²) in [7, 11) is 0. The molecule has 0 radical (unpaired) electrons. The first-order chi connectivity index (χ1) is 19.6. The van der Waals surface area contributed by atoms with Crippen LogP contribution in [-0.2, 0) is 14.4 Å². The zero-order valence-electron chi connectivity index (χ0n) is 22.0. The fraction of sp³-hybridized carbons (Fsp3) is 0.172. The monoisotopic (exact) mass is 657 g/mol. The van der Waals surface area contributed by atoms with Crippen LogP contribution in [-0.4, -0.2) is 47.6 Å². The van der Waals surface area contributed by atoms with Crippen LogP contribution in [0.2, 0.25) is 5.02 Å². The molecule has 4 rings (SSSR count). The van der Waals surface area contributed by atoms with Crippen LogP contribution in [0.25, 0.3) is 6.08 Å². The van der Waals surface area contributed by atoms with Gasteiger partial charge >= 0.3 is 0 Å². The highest BCUT2D eigenvalue weighted by molar-refractivity contribution is 9.10. The number of para-hydroxylation sites is 1. The second-order valence-corrected chi connectivity index (χ2v) is 11.0. The van der Waals surface area contributed by atoms with Crippen molar-refractivity contribution in [2.75, 3.05) is 30.4 Å². The van der Waals surface area contributed by atoms with Crippen molar-refractivity contribution >= 4 is 79.7 Å². The van der Waals surface area contributed by atoms with Gasteiger partial charge in [-0.25, -0.2) is 0 Å². The molecule has 0 spiro atoms. The second kappa shape index (κ2) is 13.7. The van der Waals surface area contributed by atoms with E-state index in [1.165, 1.54) is 6.08 Å². The SMILES string of the molecule is CCOc1cc(/C=C2\SC(=O)N(CC(=O)Nc3ccc(Br)c(Cl)c3)C2=O)ccc1OCC(=O)Nc1ccccc1C. The third kappa shape index (κ3) is 7.90. The number of imide groups is 1. The maximum absolute atomic E-state index is 12.9. The van der Waals surface area contributed by atoms with E-state index in [4.69, 9.17) is 21.1 Å². The van der Waals surface area contributed by atoms with E-state index < -0.39 is 23.6 Å². The molecule has 3 aromatic carbocycles. The van der Waals surface area contributed by atoms with Crippen LogP contribution in [0.1, 0.15) is 18.1 Å². The standard InChI is InChI=1S/C29H25BrClN3O6S/c1-3-39-24-12-18(8-11-23(24)40-16-27(36)33-22-7-5-4-6-17(22)2)13-25-28(37)34(29(38)41-25)15-26(35)32-19-9-10-20(30)21(31)14-19/h4-14H,3,15-16H2,1-2H3,(H,32,35)(H,33,36)/b25-13-. The van der Waals surface area contributed by atoms with Crippen molar-refractivity contribution in [1.29, 1.82) is 0 Å². The van der Waals surface area contributed by atoms with E-state index in [0.717, 1.165) is 22.2 Å². The highest BCUT2D eigenvalue weighted by Crippen LogP contribution is 2.35. The summed E-state index contributed by atoms with van der Waals surface area (Å²) in [6.45, 7) is 3.36. The number of carbonyl (C=O) groups is 4. The average Bonchev–Trinajstić information content (AvgIpc) is 3.19. The lowest BCUT2D eigenvalue weighted by Gasteiger charge is -2.14. The maximum atomic E-state index is 12.9. The molecule has 1 aliphatic heterocycles. The van der Waals surface area contributed by atoms with Crippen molar-refractivity contribution in [2.24, 2.45) is 0 Å². The van der Waals surface area contributed by atoms with Crippen molar-refractivity contribution in [2.45, 2.75) is 13.8 Å². The molecule has 0 aliphatic carbocycles. The van der Waals surface area contributed by atoms with Gasteiger partial charge < -0.3 is 20.1 Å². The number of thioether (sulfide) groups is 1. The fourth-order valence-corrected chi connectivity index (χ4v) is 5.02. The van der Waals surface area contributed by atoms with Crippen molar-refractivity contribution in [3.8, 4) is 11.5 Å². The molecule has 12 heteroatoms. The minimum atomic E-state index is -0.588. The van der Waals surface area contributed by atoms with Gasteiger partial charge in [0, 0.05) is 15.8 Å². The summed E-state index contributed by atoms with van der Waals surface area (Å²) in [5, 5.41) is 5.28. The van der Waals surface area contributed by atoms with Gasteiger partial charge in [0.05, 0.1) is 16.5 Å². The molecule has 1 aliphatic rings. The lowest BCUT2D eigenvalue weighted by Crippen LogP contribution is -2.36. The number of hydrogen-bond donors (Lipinski definition) is 2. The van der Waals surface area contributed by atoms with Crippen LogP contribution >= 0.6 is 39.3 Å². The molecular weight excluding hydrogens is 634 g/mol. The van der Waals surface area contributed by atoms with Crippen LogP contribution in [0, 0.1) is 6.92 Å². The summed E-state index contributed by atoms with van der Waals surface area (Å²) < 4.78 is 12.1. The Labute approximate surface area is 254 Å². The Morgan fingerprint density at radius 1 is 1.00 bits per heavy atom. The molecule has 0 bridgehead atoms. The first-order valence-corrected chi connectivity index (χ1v) is 14.4. The van der Waals surface area contributed by atoms with Crippen molar-refractivity contribution in [3.05, 3.63) is 86.2 Å². The summed E-state index contributed by atoms with van der Waals surface area (Å²) in [5.74, 6) is -0.737. The highest BCUT2D eigenvalue weighted by Gasteiger charge is 2.36. The largest absolute Gasteiger partial charge is 0.490 e. The predicted molar refractivity (Wildman–Crippen MR) is 163 cm³/mol. The number of halogens is 2. The number of hydrogen-bond acceptors (Lipinski definition) is 7. The summed E-state index contributed by atoms with van der Waals surface area (Å²) in [6, 6.07) is 17.2. The third-order valence-electron chi connectivity index (χ3n) is 5.72.